The summed E-state index contributed by atoms with van der Waals surface area (Å²) < 4.78 is 9.01. The Bertz CT molecular complexity index is 3500. The predicted molar refractivity (Wildman–Crippen MR) is 252 cm³/mol. The van der Waals surface area contributed by atoms with E-state index in [1.807, 2.05) is 6.07 Å². The van der Waals surface area contributed by atoms with E-state index in [4.69, 9.17) is 4.42 Å². The topological polar surface area (TPSA) is 21.3 Å². The molecule has 11 aromatic rings. The summed E-state index contributed by atoms with van der Waals surface area (Å²) in [6.07, 6.45) is 0. The second kappa shape index (κ2) is 12.5. The van der Waals surface area contributed by atoms with Crippen molar-refractivity contribution in [2.45, 2.75) is 24.7 Å². The zero-order valence-corrected chi connectivity index (χ0v) is 33.9. The molecular weight excluding hydrogens is 741 g/mol. The molecule has 0 atom stereocenters. The van der Waals surface area contributed by atoms with Crippen molar-refractivity contribution in [2.75, 3.05) is 4.90 Å². The van der Waals surface area contributed by atoms with Gasteiger partial charge >= 0.3 is 0 Å². The van der Waals surface area contributed by atoms with E-state index in [-0.39, 0.29) is 5.41 Å². The molecule has 2 aliphatic carbocycles. The number of rotatable bonds is 4. The maximum absolute atomic E-state index is 6.60. The van der Waals surface area contributed by atoms with Gasteiger partial charge < -0.3 is 13.9 Å². The van der Waals surface area contributed by atoms with Gasteiger partial charge in [0.2, 0.25) is 0 Å². The van der Waals surface area contributed by atoms with Crippen LogP contribution in [0.2, 0.25) is 0 Å². The van der Waals surface area contributed by atoms with Gasteiger partial charge in [0, 0.05) is 55.7 Å². The van der Waals surface area contributed by atoms with E-state index in [0.29, 0.717) is 0 Å². The van der Waals surface area contributed by atoms with Gasteiger partial charge in [0.15, 0.2) is 0 Å². The predicted octanol–water partition coefficient (Wildman–Crippen LogP) is 15.2. The van der Waals surface area contributed by atoms with Gasteiger partial charge in [0.25, 0.3) is 0 Å². The van der Waals surface area contributed by atoms with E-state index in [1.54, 1.807) is 0 Å². The Labute approximate surface area is 354 Å². The first-order chi connectivity index (χ1) is 30.0. The average Bonchev–Trinajstić information content (AvgIpc) is 3.95. The first-order valence-electron chi connectivity index (χ1n) is 21.3. The normalized spacial score (nSPS) is 14.3. The SMILES string of the molecule is CC1(C)c2ccccc2C2(c3ccccc3-c3c(N(c4cccc(-n5c6ccccc6c6ccccc65)c4)c4ccc5c(c4)oc4ccccc45)cccc32)c2ccccc21. The number of hydrogen-bond donors (Lipinski definition) is 0. The molecule has 0 radical (unpaired) electrons. The molecule has 288 valence electrons. The molecule has 1 spiro atoms. The highest BCUT2D eigenvalue weighted by Gasteiger charge is 2.53. The average molecular weight is 781 g/mol. The van der Waals surface area contributed by atoms with Gasteiger partial charge in [-0.2, -0.15) is 0 Å². The molecule has 3 nitrogen and oxygen atoms in total. The number of anilines is 3. The quantitative estimate of drug-likeness (QED) is 0.177. The summed E-state index contributed by atoms with van der Waals surface area (Å²) in [7, 11) is 0. The first-order valence-corrected chi connectivity index (χ1v) is 21.3. The lowest BCUT2D eigenvalue weighted by molar-refractivity contribution is 0.563. The molecule has 9 aromatic carbocycles. The van der Waals surface area contributed by atoms with E-state index in [9.17, 15) is 0 Å². The van der Waals surface area contributed by atoms with Crippen molar-refractivity contribution >= 4 is 60.8 Å². The van der Waals surface area contributed by atoms with Crippen LogP contribution in [-0.4, -0.2) is 4.57 Å². The highest BCUT2D eigenvalue weighted by molar-refractivity contribution is 6.10. The molecule has 3 heteroatoms. The molecule has 0 aliphatic heterocycles. The van der Waals surface area contributed by atoms with E-state index in [2.05, 4.69) is 224 Å². The van der Waals surface area contributed by atoms with Crippen LogP contribution in [0.1, 0.15) is 47.2 Å². The van der Waals surface area contributed by atoms with E-state index in [0.717, 1.165) is 44.7 Å². The van der Waals surface area contributed by atoms with Gasteiger partial charge in [-0.25, -0.2) is 0 Å². The van der Waals surface area contributed by atoms with Crippen molar-refractivity contribution < 1.29 is 4.42 Å². The van der Waals surface area contributed by atoms with Crippen LogP contribution in [0, 0.1) is 0 Å². The maximum atomic E-state index is 6.60. The largest absolute Gasteiger partial charge is 0.456 e. The molecule has 0 bridgehead atoms. The standard InChI is InChI=1S/C58H40N2O/c1-57(2)46-24-8-10-26-48(46)58(49-27-11-9-25-47(49)57)45-23-7-3-22-44(45)56-50(58)28-16-31-53(56)59(39-33-34-43-42-21-6-14-32-54(42)61-55(43)36-39)37-17-15-18-38(35-37)60-51-29-12-4-19-40(51)41-20-5-13-30-52(41)60/h3-36H,1-2H3. The van der Waals surface area contributed by atoms with Crippen LogP contribution in [0.5, 0.6) is 0 Å². The van der Waals surface area contributed by atoms with Gasteiger partial charge in [0.05, 0.1) is 22.1 Å². The zero-order valence-electron chi connectivity index (χ0n) is 33.9. The Balaban J connectivity index is 1.12. The van der Waals surface area contributed by atoms with Crippen molar-refractivity contribution in [3.05, 3.63) is 240 Å². The van der Waals surface area contributed by atoms with Gasteiger partial charge in [-0.05, 0) is 93.5 Å². The van der Waals surface area contributed by atoms with Gasteiger partial charge in [-0.15, -0.1) is 0 Å². The second-order valence-electron chi connectivity index (χ2n) is 17.2. The van der Waals surface area contributed by atoms with E-state index < -0.39 is 5.41 Å². The van der Waals surface area contributed by atoms with E-state index >= 15 is 0 Å². The summed E-state index contributed by atoms with van der Waals surface area (Å²) >= 11 is 0. The number of benzene rings is 9. The van der Waals surface area contributed by atoms with E-state index in [1.165, 1.54) is 66.3 Å². The number of nitrogens with zero attached hydrogens (tertiary/aromatic N) is 2. The third kappa shape index (κ3) is 4.53. The molecule has 2 aliphatic rings. The minimum absolute atomic E-state index is 0.172. The molecule has 2 aromatic heterocycles. The lowest BCUT2D eigenvalue weighted by atomic mass is 9.55. The Hall–Kier alpha value is -7.62. The minimum Gasteiger partial charge on any atom is -0.456 e. The molecule has 0 N–H and O–H groups in total. The summed E-state index contributed by atoms with van der Waals surface area (Å²) in [5.41, 5.74) is 18.3. The number of fused-ring (bicyclic) bond motifs is 15. The number of hydrogen-bond acceptors (Lipinski definition) is 2. The van der Waals surface area contributed by atoms with Crippen molar-refractivity contribution in [2.24, 2.45) is 0 Å². The molecule has 61 heavy (non-hydrogen) atoms. The molecule has 2 heterocycles. The summed E-state index contributed by atoms with van der Waals surface area (Å²) in [6, 6.07) is 76.0. The summed E-state index contributed by atoms with van der Waals surface area (Å²) in [6.45, 7) is 4.77. The van der Waals surface area contributed by atoms with Crippen LogP contribution in [0.4, 0.5) is 17.1 Å². The Morgan fingerprint density at radius 2 is 0.951 bits per heavy atom. The van der Waals surface area contributed by atoms with Crippen molar-refractivity contribution in [1.82, 2.24) is 4.57 Å². The lowest BCUT2D eigenvalue weighted by Crippen LogP contribution is -2.40. The van der Waals surface area contributed by atoms with Crippen LogP contribution in [0.3, 0.4) is 0 Å². The monoisotopic (exact) mass is 780 g/mol. The third-order valence-corrected chi connectivity index (χ3v) is 13.8. The molecule has 13 rings (SSSR count). The van der Waals surface area contributed by atoms with Gasteiger partial charge in [0.1, 0.15) is 11.2 Å². The van der Waals surface area contributed by atoms with Crippen LogP contribution in [0.15, 0.2) is 211 Å². The fraction of sp³-hybridized carbons (Fsp3) is 0.0690. The number of para-hydroxylation sites is 3. The fourth-order valence-corrected chi connectivity index (χ4v) is 11.3. The first kappa shape index (κ1) is 34.3. The smallest absolute Gasteiger partial charge is 0.137 e. The van der Waals surface area contributed by atoms with Gasteiger partial charge in [-0.1, -0.05) is 159 Å². The van der Waals surface area contributed by atoms with Crippen LogP contribution in [0.25, 0.3) is 60.6 Å². The highest BCUT2D eigenvalue weighted by atomic mass is 16.3. The minimum atomic E-state index is -0.510. The van der Waals surface area contributed by atoms with Crippen LogP contribution >= 0.6 is 0 Å². The molecular formula is C58H40N2O. The molecule has 0 amide bonds. The highest BCUT2D eigenvalue weighted by Crippen LogP contribution is 2.64. The molecule has 0 fully saturated rings. The Morgan fingerprint density at radius 3 is 1.67 bits per heavy atom. The summed E-state index contributed by atoms with van der Waals surface area (Å²) in [5, 5.41) is 4.72. The molecule has 0 saturated heterocycles. The molecule has 0 saturated carbocycles. The summed E-state index contributed by atoms with van der Waals surface area (Å²) in [4.78, 5) is 2.46. The maximum Gasteiger partial charge on any atom is 0.137 e. The number of aromatic nitrogens is 1. The fourth-order valence-electron chi connectivity index (χ4n) is 11.3. The Kier molecular flexibility index (Phi) is 6.99. The molecule has 0 unspecified atom stereocenters. The van der Waals surface area contributed by atoms with Crippen molar-refractivity contribution in [3.63, 3.8) is 0 Å². The lowest BCUT2D eigenvalue weighted by Gasteiger charge is -2.46. The van der Waals surface area contributed by atoms with Gasteiger partial charge in [-0.3, -0.25) is 0 Å². The van der Waals surface area contributed by atoms with Crippen LogP contribution < -0.4 is 4.90 Å². The number of furan rings is 1. The Morgan fingerprint density at radius 1 is 0.410 bits per heavy atom. The zero-order chi connectivity index (χ0) is 40.5. The van der Waals surface area contributed by atoms with Crippen molar-refractivity contribution in [1.29, 1.82) is 0 Å². The van der Waals surface area contributed by atoms with Crippen LogP contribution in [-0.2, 0) is 10.8 Å². The van der Waals surface area contributed by atoms with Crippen molar-refractivity contribution in [3.8, 4) is 16.8 Å². The summed E-state index contributed by atoms with van der Waals surface area (Å²) in [5.74, 6) is 0. The second-order valence-corrected chi connectivity index (χ2v) is 17.2. The third-order valence-electron chi connectivity index (χ3n) is 13.8.